The number of carboxylic acid groups (broad SMARTS) is 2. The van der Waals surface area contributed by atoms with Gasteiger partial charge in [0.1, 0.15) is 5.75 Å². The largest absolute Gasteiger partial charge is 0.494 e. The highest BCUT2D eigenvalue weighted by molar-refractivity contribution is 7.88. The molecule has 0 amide bonds. The molecule has 9 heteroatoms. The third-order valence-electron chi connectivity index (χ3n) is 4.23. The van der Waals surface area contributed by atoms with Crippen LogP contribution in [-0.2, 0) is 19.7 Å². The van der Waals surface area contributed by atoms with Crippen LogP contribution < -0.4 is 4.74 Å². The number of benzene rings is 1. The van der Waals surface area contributed by atoms with E-state index in [2.05, 4.69) is 0 Å². The molecule has 1 aromatic rings. The number of unbranched alkanes of at least 4 members (excludes halogenated alkanes) is 1. The van der Waals surface area contributed by atoms with E-state index in [1.807, 2.05) is 0 Å². The molecule has 8 nitrogen and oxygen atoms in total. The first-order chi connectivity index (χ1) is 12.2. The van der Waals surface area contributed by atoms with Crippen molar-refractivity contribution in [3.05, 3.63) is 30.3 Å². The van der Waals surface area contributed by atoms with Gasteiger partial charge in [-0.3, -0.25) is 14.1 Å². The minimum Gasteiger partial charge on any atom is -0.494 e. The van der Waals surface area contributed by atoms with Crippen LogP contribution in [0.25, 0.3) is 0 Å². The van der Waals surface area contributed by atoms with Crippen LogP contribution in [0, 0.1) is 5.92 Å². The number of hydrogen-bond donors (Lipinski definition) is 3. The van der Waals surface area contributed by atoms with Gasteiger partial charge >= 0.3 is 11.9 Å². The third kappa shape index (κ3) is 5.18. The Morgan fingerprint density at radius 1 is 1.15 bits per heavy atom. The molecule has 0 radical (unpaired) electrons. The Kier molecular flexibility index (Phi) is 8.04. The molecule has 146 valence electrons. The molecule has 26 heavy (non-hydrogen) atoms. The topological polar surface area (TPSA) is 138 Å². The smallest absolute Gasteiger partial charge is 0.328 e. The SMILES string of the molecule is CCCCC(C(=O)O)C(CCCOc1ccccc1)(C(=O)O)S(=O)(=O)O. The summed E-state index contributed by atoms with van der Waals surface area (Å²) < 4.78 is 36.1. The van der Waals surface area contributed by atoms with E-state index < -0.39 is 39.1 Å². The summed E-state index contributed by atoms with van der Waals surface area (Å²) in [7, 11) is -5.18. The third-order valence-corrected chi connectivity index (χ3v) is 5.82. The van der Waals surface area contributed by atoms with Crippen molar-refractivity contribution in [1.82, 2.24) is 0 Å². The first-order valence-electron chi connectivity index (χ1n) is 8.28. The molecule has 0 saturated carbocycles. The highest BCUT2D eigenvalue weighted by atomic mass is 32.2. The number of aliphatic carboxylic acids is 2. The Labute approximate surface area is 152 Å². The number of carbonyl (C=O) groups is 2. The highest BCUT2D eigenvalue weighted by Crippen LogP contribution is 2.36. The summed E-state index contributed by atoms with van der Waals surface area (Å²) in [6.07, 6.45) is 0.0765. The van der Waals surface area contributed by atoms with Gasteiger partial charge in [-0.1, -0.05) is 38.0 Å². The van der Waals surface area contributed by atoms with E-state index in [0.29, 0.717) is 18.6 Å². The second kappa shape index (κ2) is 9.54. The zero-order valence-corrected chi connectivity index (χ0v) is 15.3. The van der Waals surface area contributed by atoms with Crippen molar-refractivity contribution in [2.45, 2.75) is 43.8 Å². The molecule has 3 N–H and O–H groups in total. The van der Waals surface area contributed by atoms with E-state index in [-0.39, 0.29) is 19.4 Å². The summed E-state index contributed by atoms with van der Waals surface area (Å²) in [4.78, 5) is 23.4. The second-order valence-corrected chi connectivity index (χ2v) is 7.65. The number of carboxylic acids is 2. The number of rotatable bonds is 12. The lowest BCUT2D eigenvalue weighted by Gasteiger charge is -2.32. The zero-order valence-electron chi connectivity index (χ0n) is 14.5. The molecule has 0 heterocycles. The maximum Gasteiger partial charge on any atom is 0.328 e. The van der Waals surface area contributed by atoms with Gasteiger partial charge < -0.3 is 14.9 Å². The maximum absolute atomic E-state index is 11.9. The fourth-order valence-corrected chi connectivity index (χ4v) is 4.06. The predicted octanol–water partition coefficient (Wildman–Crippen LogP) is 2.45. The van der Waals surface area contributed by atoms with Gasteiger partial charge in [0.25, 0.3) is 10.1 Å². The molecule has 0 bridgehead atoms. The fourth-order valence-electron chi connectivity index (χ4n) is 2.86. The normalized spacial score (nSPS) is 15.0. The Hall–Kier alpha value is -2.13. The molecule has 1 rings (SSSR count). The van der Waals surface area contributed by atoms with E-state index >= 15 is 0 Å². The van der Waals surface area contributed by atoms with Gasteiger partial charge in [0, 0.05) is 0 Å². The summed E-state index contributed by atoms with van der Waals surface area (Å²) in [5.74, 6) is -4.68. The van der Waals surface area contributed by atoms with E-state index in [1.165, 1.54) is 0 Å². The number of para-hydroxylation sites is 1. The average Bonchev–Trinajstić information content (AvgIpc) is 2.56. The molecule has 0 spiro atoms. The molecule has 2 unspecified atom stereocenters. The van der Waals surface area contributed by atoms with E-state index in [0.717, 1.165) is 0 Å². The molecule has 0 aromatic heterocycles. The highest BCUT2D eigenvalue weighted by Gasteiger charge is 2.58. The average molecular weight is 388 g/mol. The monoisotopic (exact) mass is 388 g/mol. The molecule has 0 aliphatic heterocycles. The van der Waals surface area contributed by atoms with Crippen LogP contribution in [0.2, 0.25) is 0 Å². The molecular formula is C17H24O8S. The quantitative estimate of drug-likeness (QED) is 0.367. The molecule has 0 fully saturated rings. The van der Waals surface area contributed by atoms with Crippen molar-refractivity contribution in [3.8, 4) is 5.75 Å². The van der Waals surface area contributed by atoms with Gasteiger partial charge in [0.05, 0.1) is 12.5 Å². The van der Waals surface area contributed by atoms with Crippen molar-refractivity contribution < 1.29 is 37.5 Å². The Bertz CT molecular complexity index is 701. The van der Waals surface area contributed by atoms with Crippen molar-refractivity contribution in [2.75, 3.05) is 6.61 Å². The minimum absolute atomic E-state index is 0.0192. The van der Waals surface area contributed by atoms with Crippen LogP contribution in [0.5, 0.6) is 5.75 Å². The summed E-state index contributed by atoms with van der Waals surface area (Å²) in [5, 5.41) is 19.0. The fraction of sp³-hybridized carbons (Fsp3) is 0.529. The van der Waals surface area contributed by atoms with Crippen molar-refractivity contribution in [1.29, 1.82) is 0 Å². The van der Waals surface area contributed by atoms with E-state index in [1.54, 1.807) is 37.3 Å². The van der Waals surface area contributed by atoms with Gasteiger partial charge in [-0.25, -0.2) is 0 Å². The van der Waals surface area contributed by atoms with Crippen LogP contribution in [0.1, 0.15) is 39.0 Å². The summed E-state index contributed by atoms with van der Waals surface area (Å²) in [6.45, 7) is 1.75. The Balaban J connectivity index is 3.03. The Morgan fingerprint density at radius 2 is 1.77 bits per heavy atom. The first-order valence-corrected chi connectivity index (χ1v) is 9.72. The van der Waals surface area contributed by atoms with Gasteiger partial charge in [-0.2, -0.15) is 8.42 Å². The standard InChI is InChI=1S/C17H24O8S/c1-2-3-10-14(15(18)19)17(16(20)21,26(22,23)24)11-7-12-25-13-8-5-4-6-9-13/h4-6,8-9,14H,2-3,7,10-12H2,1H3,(H,18,19)(H,20,21)(H,22,23,24). The van der Waals surface area contributed by atoms with Crippen LogP contribution >= 0.6 is 0 Å². The molecule has 0 aliphatic rings. The lowest BCUT2D eigenvalue weighted by molar-refractivity contribution is -0.152. The van der Waals surface area contributed by atoms with Crippen LogP contribution in [0.4, 0.5) is 0 Å². The second-order valence-electron chi connectivity index (χ2n) is 5.97. The zero-order chi connectivity index (χ0) is 19.8. The van der Waals surface area contributed by atoms with Gasteiger partial charge in [-0.15, -0.1) is 0 Å². The van der Waals surface area contributed by atoms with Gasteiger partial charge in [0.15, 0.2) is 0 Å². The van der Waals surface area contributed by atoms with Gasteiger partial charge in [0.2, 0.25) is 4.75 Å². The van der Waals surface area contributed by atoms with Crippen molar-refractivity contribution in [2.24, 2.45) is 5.92 Å². The van der Waals surface area contributed by atoms with Gasteiger partial charge in [-0.05, 0) is 31.4 Å². The van der Waals surface area contributed by atoms with Crippen molar-refractivity contribution >= 4 is 22.1 Å². The van der Waals surface area contributed by atoms with Crippen LogP contribution in [0.15, 0.2) is 30.3 Å². The molecule has 0 saturated heterocycles. The molecule has 0 aliphatic carbocycles. The molecule has 2 atom stereocenters. The number of hydrogen-bond acceptors (Lipinski definition) is 5. The van der Waals surface area contributed by atoms with Crippen molar-refractivity contribution in [3.63, 3.8) is 0 Å². The predicted molar refractivity (Wildman–Crippen MR) is 93.7 cm³/mol. The lowest BCUT2D eigenvalue weighted by atomic mass is 9.83. The van der Waals surface area contributed by atoms with E-state index in [4.69, 9.17) is 4.74 Å². The maximum atomic E-state index is 11.9. The molecular weight excluding hydrogens is 364 g/mol. The van der Waals surface area contributed by atoms with E-state index in [9.17, 15) is 32.8 Å². The summed E-state index contributed by atoms with van der Waals surface area (Å²) >= 11 is 0. The van der Waals surface area contributed by atoms with Crippen LogP contribution in [-0.4, -0.2) is 46.5 Å². The first kappa shape index (κ1) is 21.9. The van der Waals surface area contributed by atoms with Crippen LogP contribution in [0.3, 0.4) is 0 Å². The summed E-state index contributed by atoms with van der Waals surface area (Å²) in [6, 6.07) is 8.61. The number of ether oxygens (including phenoxy) is 1. The Morgan fingerprint density at radius 3 is 2.23 bits per heavy atom. The molecule has 1 aromatic carbocycles. The summed E-state index contributed by atoms with van der Waals surface area (Å²) in [5.41, 5.74) is 0. The lowest BCUT2D eigenvalue weighted by Crippen LogP contribution is -2.55. The minimum atomic E-state index is -5.18.